The molecule has 0 spiro atoms. The van der Waals surface area contributed by atoms with E-state index in [-0.39, 0.29) is 36.8 Å². The Bertz CT molecular complexity index is 1080. The fourth-order valence-electron chi connectivity index (χ4n) is 5.13. The molecule has 0 radical (unpaired) electrons. The molecule has 2 aliphatic rings. The van der Waals surface area contributed by atoms with Gasteiger partial charge in [-0.05, 0) is 56.5 Å². The summed E-state index contributed by atoms with van der Waals surface area (Å²) in [4.78, 5) is 55.2. The van der Waals surface area contributed by atoms with E-state index in [2.05, 4.69) is 0 Å². The molecule has 2 aromatic rings. The van der Waals surface area contributed by atoms with Crippen molar-refractivity contribution in [1.29, 1.82) is 0 Å². The summed E-state index contributed by atoms with van der Waals surface area (Å²) in [6, 6.07) is 14.6. The first-order chi connectivity index (χ1) is 16.9. The zero-order valence-electron chi connectivity index (χ0n) is 20.3. The third-order valence-electron chi connectivity index (χ3n) is 7.00. The van der Waals surface area contributed by atoms with Crippen molar-refractivity contribution in [2.45, 2.75) is 64.5 Å². The largest absolute Gasteiger partial charge is 0.462 e. The van der Waals surface area contributed by atoms with E-state index in [1.807, 2.05) is 37.3 Å². The quantitative estimate of drug-likeness (QED) is 0.429. The van der Waals surface area contributed by atoms with Gasteiger partial charge in [0.25, 0.3) is 5.91 Å². The molecule has 2 aromatic carbocycles. The summed E-state index contributed by atoms with van der Waals surface area (Å²) in [5.41, 5.74) is 1.65. The van der Waals surface area contributed by atoms with Crippen molar-refractivity contribution >= 4 is 29.4 Å². The van der Waals surface area contributed by atoms with E-state index in [4.69, 9.17) is 4.74 Å². The molecule has 2 unspecified atom stereocenters. The molecule has 1 saturated heterocycles. The van der Waals surface area contributed by atoms with Gasteiger partial charge in [-0.15, -0.1) is 0 Å². The molecule has 184 valence electrons. The summed E-state index contributed by atoms with van der Waals surface area (Å²) in [5.74, 6) is -1.41. The molecule has 7 heteroatoms. The maximum absolute atomic E-state index is 13.8. The lowest BCUT2D eigenvalue weighted by Gasteiger charge is -2.37. The number of rotatable bonds is 7. The standard InChI is InChI=1S/C28H32N2O5/c1-3-35-28(34)22-14-16-23(17-15-22)30-25(31)18-24(27(30)33)29(19(2)20-10-6-4-7-11-20)26(32)21-12-8-5-9-13-21/h4,6-7,10-11,14-17,19,21,24H,3,5,8-9,12-13,18H2,1-2H3. The van der Waals surface area contributed by atoms with Crippen molar-refractivity contribution in [2.24, 2.45) is 5.92 Å². The van der Waals surface area contributed by atoms with Crippen LogP contribution in [-0.2, 0) is 19.1 Å². The molecule has 1 aliphatic heterocycles. The predicted octanol–water partition coefficient (Wildman–Crippen LogP) is 4.67. The van der Waals surface area contributed by atoms with Gasteiger partial charge in [0.15, 0.2) is 0 Å². The SMILES string of the molecule is CCOC(=O)c1ccc(N2C(=O)CC(N(C(=O)C3CCCCC3)C(C)c3ccccc3)C2=O)cc1. The minimum Gasteiger partial charge on any atom is -0.462 e. The van der Waals surface area contributed by atoms with Gasteiger partial charge in [-0.3, -0.25) is 14.4 Å². The number of esters is 1. The molecular formula is C28H32N2O5. The Kier molecular flexibility index (Phi) is 7.63. The van der Waals surface area contributed by atoms with E-state index in [1.54, 1.807) is 36.1 Å². The smallest absolute Gasteiger partial charge is 0.338 e. The Labute approximate surface area is 206 Å². The number of anilines is 1. The number of carbonyl (C=O) groups excluding carboxylic acids is 4. The summed E-state index contributed by atoms with van der Waals surface area (Å²) in [6.45, 7) is 3.91. The van der Waals surface area contributed by atoms with E-state index < -0.39 is 17.9 Å². The van der Waals surface area contributed by atoms with Gasteiger partial charge in [0.1, 0.15) is 6.04 Å². The normalized spacial score (nSPS) is 19.5. The van der Waals surface area contributed by atoms with Crippen LogP contribution in [0.5, 0.6) is 0 Å². The van der Waals surface area contributed by atoms with Gasteiger partial charge >= 0.3 is 5.97 Å². The Morgan fingerprint density at radius 2 is 1.66 bits per heavy atom. The van der Waals surface area contributed by atoms with E-state index in [1.165, 1.54) is 0 Å². The monoisotopic (exact) mass is 476 g/mol. The van der Waals surface area contributed by atoms with Crippen molar-refractivity contribution in [3.63, 3.8) is 0 Å². The molecule has 2 fully saturated rings. The minimum atomic E-state index is -0.864. The van der Waals surface area contributed by atoms with Crippen LogP contribution in [0.4, 0.5) is 5.69 Å². The molecular weight excluding hydrogens is 444 g/mol. The van der Waals surface area contributed by atoms with Crippen LogP contribution in [0.3, 0.4) is 0 Å². The van der Waals surface area contributed by atoms with Crippen LogP contribution in [0.2, 0.25) is 0 Å². The first-order valence-corrected chi connectivity index (χ1v) is 12.4. The highest BCUT2D eigenvalue weighted by Crippen LogP contribution is 2.35. The Morgan fingerprint density at radius 3 is 2.29 bits per heavy atom. The number of hydrogen-bond donors (Lipinski definition) is 0. The molecule has 0 N–H and O–H groups in total. The summed E-state index contributed by atoms with van der Waals surface area (Å²) in [6.07, 6.45) is 4.68. The van der Waals surface area contributed by atoms with Crippen molar-refractivity contribution in [3.8, 4) is 0 Å². The number of amides is 3. The first-order valence-electron chi connectivity index (χ1n) is 12.4. The van der Waals surface area contributed by atoms with Gasteiger partial charge in [0, 0.05) is 5.92 Å². The number of ether oxygens (including phenoxy) is 1. The second-order valence-electron chi connectivity index (χ2n) is 9.22. The molecule has 3 amide bonds. The van der Waals surface area contributed by atoms with E-state index in [0.29, 0.717) is 11.3 Å². The first kappa shape index (κ1) is 24.6. The zero-order valence-corrected chi connectivity index (χ0v) is 20.3. The van der Waals surface area contributed by atoms with Gasteiger partial charge in [-0.25, -0.2) is 9.69 Å². The van der Waals surface area contributed by atoms with E-state index >= 15 is 0 Å². The van der Waals surface area contributed by atoms with Crippen molar-refractivity contribution in [1.82, 2.24) is 4.90 Å². The predicted molar refractivity (Wildman–Crippen MR) is 132 cm³/mol. The lowest BCUT2D eigenvalue weighted by atomic mass is 9.87. The van der Waals surface area contributed by atoms with Gasteiger partial charge in [0.2, 0.25) is 11.8 Å². The summed E-state index contributed by atoms with van der Waals surface area (Å²) < 4.78 is 5.01. The Hall–Kier alpha value is -3.48. The minimum absolute atomic E-state index is 0.0493. The molecule has 7 nitrogen and oxygen atoms in total. The van der Waals surface area contributed by atoms with Crippen LogP contribution in [0.1, 0.15) is 74.3 Å². The number of nitrogens with zero attached hydrogens (tertiary/aromatic N) is 2. The van der Waals surface area contributed by atoms with Gasteiger partial charge in [-0.2, -0.15) is 0 Å². The molecule has 0 aromatic heterocycles. The van der Waals surface area contributed by atoms with Crippen LogP contribution in [0, 0.1) is 5.92 Å². The summed E-state index contributed by atoms with van der Waals surface area (Å²) in [7, 11) is 0. The molecule has 1 heterocycles. The highest BCUT2D eigenvalue weighted by Gasteiger charge is 2.47. The molecule has 1 aliphatic carbocycles. The van der Waals surface area contributed by atoms with Crippen LogP contribution in [0.25, 0.3) is 0 Å². The average molecular weight is 477 g/mol. The third kappa shape index (κ3) is 5.14. The molecule has 4 rings (SSSR count). The average Bonchev–Trinajstić information content (AvgIpc) is 3.18. The fraction of sp³-hybridized carbons (Fsp3) is 0.429. The lowest BCUT2D eigenvalue weighted by molar-refractivity contribution is -0.145. The van der Waals surface area contributed by atoms with Crippen LogP contribution in [-0.4, -0.2) is 41.2 Å². The van der Waals surface area contributed by atoms with Crippen molar-refractivity contribution in [3.05, 3.63) is 65.7 Å². The highest BCUT2D eigenvalue weighted by molar-refractivity contribution is 6.23. The zero-order chi connectivity index (χ0) is 24.9. The maximum atomic E-state index is 13.8. The van der Waals surface area contributed by atoms with Crippen molar-refractivity contribution in [2.75, 3.05) is 11.5 Å². The Balaban J connectivity index is 1.62. The summed E-state index contributed by atoms with van der Waals surface area (Å²) in [5, 5.41) is 0. The van der Waals surface area contributed by atoms with Gasteiger partial charge in [-0.1, -0.05) is 49.6 Å². The highest BCUT2D eigenvalue weighted by atomic mass is 16.5. The second-order valence-corrected chi connectivity index (χ2v) is 9.22. The molecule has 2 atom stereocenters. The number of hydrogen-bond acceptors (Lipinski definition) is 5. The molecule has 35 heavy (non-hydrogen) atoms. The topological polar surface area (TPSA) is 84.0 Å². The second kappa shape index (κ2) is 10.8. The fourth-order valence-corrected chi connectivity index (χ4v) is 5.13. The van der Waals surface area contributed by atoms with Crippen LogP contribution < -0.4 is 4.90 Å². The third-order valence-corrected chi connectivity index (χ3v) is 7.00. The van der Waals surface area contributed by atoms with Crippen LogP contribution >= 0.6 is 0 Å². The van der Waals surface area contributed by atoms with Crippen molar-refractivity contribution < 1.29 is 23.9 Å². The van der Waals surface area contributed by atoms with Crippen LogP contribution in [0.15, 0.2) is 54.6 Å². The summed E-state index contributed by atoms with van der Waals surface area (Å²) >= 11 is 0. The van der Waals surface area contributed by atoms with Gasteiger partial charge in [0.05, 0.1) is 30.3 Å². The molecule has 1 saturated carbocycles. The van der Waals surface area contributed by atoms with E-state index in [0.717, 1.165) is 42.6 Å². The number of imide groups is 1. The lowest BCUT2D eigenvalue weighted by Crippen LogP contribution is -2.49. The van der Waals surface area contributed by atoms with E-state index in [9.17, 15) is 19.2 Å². The Morgan fingerprint density at radius 1 is 1.00 bits per heavy atom. The van der Waals surface area contributed by atoms with Gasteiger partial charge < -0.3 is 9.64 Å². The number of benzene rings is 2. The number of carbonyl (C=O) groups is 4. The maximum Gasteiger partial charge on any atom is 0.338 e. The molecule has 0 bridgehead atoms.